The number of hydrogen-bond acceptors (Lipinski definition) is 9. The number of carbonyl (C=O) groups is 1. The number of hydrogen-bond donors (Lipinski definition) is 1. The summed E-state index contributed by atoms with van der Waals surface area (Å²) in [5.74, 6) is -0.397. The molecule has 0 aliphatic carbocycles. The predicted molar refractivity (Wildman–Crippen MR) is 112 cm³/mol. The number of aromatic hydroxyl groups is 1. The van der Waals surface area contributed by atoms with Crippen LogP contribution in [0.5, 0.6) is 17.4 Å². The molecule has 1 aromatic heterocycles. The average molecular weight is 429 g/mol. The first-order chi connectivity index (χ1) is 14.8. The van der Waals surface area contributed by atoms with Gasteiger partial charge in [-0.15, -0.1) is 0 Å². The molecule has 10 heteroatoms. The Hall–Kier alpha value is -3.84. The molecule has 1 aromatic carbocycles. The number of benzene rings is 1. The van der Waals surface area contributed by atoms with E-state index in [2.05, 4.69) is 4.99 Å². The lowest BCUT2D eigenvalue weighted by Gasteiger charge is -2.14. The van der Waals surface area contributed by atoms with Crippen LogP contribution < -0.4 is 15.0 Å². The zero-order chi connectivity index (χ0) is 23.1. The van der Waals surface area contributed by atoms with Crippen LogP contribution in [0.4, 0.5) is 5.69 Å². The minimum atomic E-state index is -0.656. The summed E-state index contributed by atoms with van der Waals surface area (Å²) in [5.41, 5.74) is -0.0810. The van der Waals surface area contributed by atoms with Crippen molar-refractivity contribution in [3.63, 3.8) is 0 Å². The number of pyridine rings is 1. The van der Waals surface area contributed by atoms with E-state index in [1.807, 2.05) is 6.07 Å². The highest BCUT2D eigenvalue weighted by Crippen LogP contribution is 2.35. The van der Waals surface area contributed by atoms with E-state index in [9.17, 15) is 20.0 Å². The van der Waals surface area contributed by atoms with Gasteiger partial charge < -0.3 is 24.1 Å². The molecular weight excluding hydrogens is 406 g/mol. The molecule has 2 aromatic rings. The SMILES string of the molecule is COCCn1c(O)c(C=Nc2cc(OC)c(OC)cc2C(=O)OC)c(C)c(C#N)c1=O. The van der Waals surface area contributed by atoms with Crippen molar-refractivity contribution in [2.75, 3.05) is 35.0 Å². The number of esters is 1. The molecule has 0 aliphatic rings. The van der Waals surface area contributed by atoms with Crippen LogP contribution in [-0.2, 0) is 16.0 Å². The van der Waals surface area contributed by atoms with E-state index in [0.29, 0.717) is 11.5 Å². The third kappa shape index (κ3) is 4.67. The molecule has 0 bridgehead atoms. The Kier molecular flexibility index (Phi) is 7.76. The van der Waals surface area contributed by atoms with E-state index in [4.69, 9.17) is 18.9 Å². The van der Waals surface area contributed by atoms with E-state index in [0.717, 1.165) is 4.57 Å². The molecule has 0 unspecified atom stereocenters. The third-order valence-corrected chi connectivity index (χ3v) is 4.61. The fourth-order valence-electron chi connectivity index (χ4n) is 2.90. The summed E-state index contributed by atoms with van der Waals surface area (Å²) >= 11 is 0. The van der Waals surface area contributed by atoms with Crippen molar-refractivity contribution in [2.45, 2.75) is 13.5 Å². The van der Waals surface area contributed by atoms with Crippen LogP contribution in [0.1, 0.15) is 27.0 Å². The fraction of sp³-hybridized carbons (Fsp3) is 0.333. The second-order valence-corrected chi connectivity index (χ2v) is 6.27. The number of ether oxygens (including phenoxy) is 4. The molecule has 2 rings (SSSR count). The molecule has 0 aliphatic heterocycles. The lowest BCUT2D eigenvalue weighted by molar-refractivity contribution is 0.0601. The van der Waals surface area contributed by atoms with E-state index in [1.54, 1.807) is 0 Å². The zero-order valence-electron chi connectivity index (χ0n) is 17.9. The van der Waals surface area contributed by atoms with Crippen LogP contribution in [0.3, 0.4) is 0 Å². The van der Waals surface area contributed by atoms with Gasteiger partial charge in [0, 0.05) is 25.5 Å². The Morgan fingerprint density at radius 2 is 1.87 bits per heavy atom. The molecule has 0 atom stereocenters. The molecule has 1 heterocycles. The monoisotopic (exact) mass is 429 g/mol. The predicted octanol–water partition coefficient (Wildman–Crippen LogP) is 1.93. The average Bonchev–Trinajstić information content (AvgIpc) is 2.78. The Morgan fingerprint density at radius 3 is 2.42 bits per heavy atom. The van der Waals surface area contributed by atoms with Gasteiger partial charge in [0.15, 0.2) is 11.5 Å². The first-order valence-corrected chi connectivity index (χ1v) is 9.08. The minimum absolute atomic E-state index is 0.0424. The molecule has 31 heavy (non-hydrogen) atoms. The van der Waals surface area contributed by atoms with E-state index < -0.39 is 11.5 Å². The van der Waals surface area contributed by atoms with Gasteiger partial charge in [0.25, 0.3) is 5.56 Å². The van der Waals surface area contributed by atoms with Crippen molar-refractivity contribution in [3.8, 4) is 23.4 Å². The Labute approximate surface area is 178 Å². The summed E-state index contributed by atoms with van der Waals surface area (Å²) in [7, 11) is 5.54. The summed E-state index contributed by atoms with van der Waals surface area (Å²) < 4.78 is 21.3. The minimum Gasteiger partial charge on any atom is -0.494 e. The topological polar surface area (TPSA) is 132 Å². The number of methoxy groups -OCH3 is 4. The summed E-state index contributed by atoms with van der Waals surface area (Å²) in [4.78, 5) is 29.0. The maximum atomic E-state index is 12.5. The highest BCUT2D eigenvalue weighted by molar-refractivity contribution is 5.98. The highest BCUT2D eigenvalue weighted by Gasteiger charge is 2.20. The van der Waals surface area contributed by atoms with Crippen LogP contribution in [-0.4, -0.2) is 56.9 Å². The highest BCUT2D eigenvalue weighted by atomic mass is 16.5. The van der Waals surface area contributed by atoms with Gasteiger partial charge in [-0.25, -0.2) is 4.79 Å². The number of aliphatic imine (C=N–C) groups is 1. The zero-order valence-corrected chi connectivity index (χ0v) is 17.9. The number of rotatable bonds is 8. The molecular formula is C21H23N3O7. The van der Waals surface area contributed by atoms with Gasteiger partial charge in [-0.2, -0.15) is 5.26 Å². The van der Waals surface area contributed by atoms with E-state index >= 15 is 0 Å². The molecule has 0 saturated heterocycles. The number of nitrogens with zero attached hydrogens (tertiary/aromatic N) is 3. The lowest BCUT2D eigenvalue weighted by atomic mass is 10.1. The van der Waals surface area contributed by atoms with Crippen molar-refractivity contribution in [3.05, 3.63) is 44.7 Å². The van der Waals surface area contributed by atoms with Gasteiger partial charge in [-0.05, 0) is 12.5 Å². The summed E-state index contributed by atoms with van der Waals surface area (Å²) in [6, 6.07) is 4.75. The maximum absolute atomic E-state index is 12.5. The van der Waals surface area contributed by atoms with Crippen molar-refractivity contribution in [1.29, 1.82) is 5.26 Å². The molecule has 0 fully saturated rings. The van der Waals surface area contributed by atoms with Crippen LogP contribution in [0.2, 0.25) is 0 Å². The number of carbonyl (C=O) groups excluding carboxylic acids is 1. The first-order valence-electron chi connectivity index (χ1n) is 9.08. The fourth-order valence-corrected chi connectivity index (χ4v) is 2.90. The molecule has 0 amide bonds. The van der Waals surface area contributed by atoms with Gasteiger partial charge in [-0.3, -0.25) is 14.4 Å². The second-order valence-electron chi connectivity index (χ2n) is 6.27. The largest absolute Gasteiger partial charge is 0.494 e. The maximum Gasteiger partial charge on any atom is 0.340 e. The van der Waals surface area contributed by atoms with Crippen LogP contribution in [0.25, 0.3) is 0 Å². The van der Waals surface area contributed by atoms with Gasteiger partial charge in [-0.1, -0.05) is 0 Å². The lowest BCUT2D eigenvalue weighted by Crippen LogP contribution is -2.26. The van der Waals surface area contributed by atoms with Crippen LogP contribution in [0.15, 0.2) is 21.9 Å². The van der Waals surface area contributed by atoms with Crippen molar-refractivity contribution in [2.24, 2.45) is 4.99 Å². The molecule has 0 saturated carbocycles. The second kappa shape index (κ2) is 10.3. The number of aromatic nitrogens is 1. The van der Waals surface area contributed by atoms with Gasteiger partial charge in [0.2, 0.25) is 5.88 Å². The van der Waals surface area contributed by atoms with Crippen LogP contribution in [0, 0.1) is 18.3 Å². The van der Waals surface area contributed by atoms with Crippen LogP contribution >= 0.6 is 0 Å². The summed E-state index contributed by atoms with van der Waals surface area (Å²) in [6.45, 7) is 1.72. The van der Waals surface area contributed by atoms with E-state index in [-0.39, 0.29) is 47.0 Å². The number of nitriles is 1. The standard InChI is InChI=1S/C21H23N3O7/c1-12-14(10-22)19(25)24(6-7-28-2)20(26)15(12)11-23-16-9-18(30-4)17(29-3)8-13(16)21(27)31-5/h8-9,11,26H,6-7H2,1-5H3. The molecule has 164 valence electrons. The van der Waals surface area contributed by atoms with Gasteiger partial charge >= 0.3 is 5.97 Å². The van der Waals surface area contributed by atoms with Gasteiger partial charge in [0.1, 0.15) is 11.6 Å². The summed E-state index contributed by atoms with van der Waals surface area (Å²) in [6.07, 6.45) is 1.27. The van der Waals surface area contributed by atoms with E-state index in [1.165, 1.54) is 53.7 Å². The Bertz CT molecular complexity index is 1110. The smallest absolute Gasteiger partial charge is 0.340 e. The third-order valence-electron chi connectivity index (χ3n) is 4.61. The van der Waals surface area contributed by atoms with Crippen molar-refractivity contribution >= 4 is 17.9 Å². The quantitative estimate of drug-likeness (QED) is 0.497. The normalized spacial score (nSPS) is 10.7. The Balaban J connectivity index is 2.71. The molecule has 0 radical (unpaired) electrons. The summed E-state index contributed by atoms with van der Waals surface area (Å²) in [5, 5.41) is 20.1. The van der Waals surface area contributed by atoms with Crippen molar-refractivity contribution in [1.82, 2.24) is 4.57 Å². The molecule has 10 nitrogen and oxygen atoms in total. The first kappa shape index (κ1) is 23.4. The molecule has 0 spiro atoms. The van der Waals surface area contributed by atoms with Crippen molar-refractivity contribution < 1.29 is 28.8 Å². The molecule has 1 N–H and O–H groups in total. The van der Waals surface area contributed by atoms with Gasteiger partial charge in [0.05, 0.1) is 51.3 Å². The Morgan fingerprint density at radius 1 is 1.23 bits per heavy atom.